The summed E-state index contributed by atoms with van der Waals surface area (Å²) in [5.41, 5.74) is 0.410. The predicted molar refractivity (Wildman–Crippen MR) is 72.2 cm³/mol. The molecule has 18 heavy (non-hydrogen) atoms. The molecule has 1 aromatic rings. The molecular weight excluding hydrogens is 277 g/mol. The van der Waals surface area contributed by atoms with Crippen LogP contribution in [0.4, 0.5) is 4.39 Å². The van der Waals surface area contributed by atoms with Gasteiger partial charge in [0.05, 0.1) is 10.8 Å². The largest absolute Gasteiger partial charge is 0.310 e. The molecule has 0 heterocycles. The fraction of sp³-hybridized carbons (Fsp3) is 0.500. The van der Waals surface area contributed by atoms with E-state index < -0.39 is 15.7 Å². The molecule has 6 heteroatoms. The topological polar surface area (TPSA) is 46.2 Å². The molecule has 1 rings (SSSR count). The maximum Gasteiger partial charge on any atom is 0.147 e. The lowest BCUT2D eigenvalue weighted by Crippen LogP contribution is -2.24. The van der Waals surface area contributed by atoms with E-state index in [2.05, 4.69) is 5.32 Å². The molecule has 0 amide bonds. The van der Waals surface area contributed by atoms with E-state index in [1.807, 2.05) is 6.92 Å². The lowest BCUT2D eigenvalue weighted by Gasteiger charge is -2.19. The van der Waals surface area contributed by atoms with Crippen LogP contribution < -0.4 is 5.32 Å². The molecule has 3 nitrogen and oxygen atoms in total. The monoisotopic (exact) mass is 293 g/mol. The third-order valence-electron chi connectivity index (χ3n) is 2.58. The van der Waals surface area contributed by atoms with Crippen molar-refractivity contribution in [3.63, 3.8) is 0 Å². The van der Waals surface area contributed by atoms with Crippen molar-refractivity contribution >= 4 is 21.4 Å². The molecule has 0 aliphatic carbocycles. The van der Waals surface area contributed by atoms with E-state index >= 15 is 0 Å². The van der Waals surface area contributed by atoms with Gasteiger partial charge in [-0.25, -0.2) is 12.8 Å². The van der Waals surface area contributed by atoms with Crippen molar-refractivity contribution in [3.05, 3.63) is 34.6 Å². The molecule has 0 aliphatic rings. The van der Waals surface area contributed by atoms with E-state index in [1.165, 1.54) is 12.3 Å². The highest BCUT2D eigenvalue weighted by Gasteiger charge is 2.18. The number of hydrogen-bond acceptors (Lipinski definition) is 3. The number of benzene rings is 1. The van der Waals surface area contributed by atoms with E-state index in [0.717, 1.165) is 0 Å². The summed E-state index contributed by atoms with van der Waals surface area (Å²) in [5, 5.41) is 3.13. The standard InChI is InChI=1S/C12H17ClFNO2S/c1-3-15-11(7-8-18(2,16)17)9-5-4-6-10(13)12(9)14/h4-6,11,15H,3,7-8H2,1-2H3. The van der Waals surface area contributed by atoms with Crippen molar-refractivity contribution in [1.29, 1.82) is 0 Å². The molecule has 1 aromatic carbocycles. The van der Waals surface area contributed by atoms with E-state index in [0.29, 0.717) is 18.5 Å². The van der Waals surface area contributed by atoms with Gasteiger partial charge in [0.15, 0.2) is 0 Å². The maximum atomic E-state index is 13.9. The van der Waals surface area contributed by atoms with Crippen LogP contribution in [0, 0.1) is 5.82 Å². The molecule has 0 fully saturated rings. The van der Waals surface area contributed by atoms with Crippen LogP contribution in [0.15, 0.2) is 18.2 Å². The van der Waals surface area contributed by atoms with Crippen LogP contribution in [0.3, 0.4) is 0 Å². The Morgan fingerprint density at radius 3 is 2.67 bits per heavy atom. The normalized spacial score (nSPS) is 13.6. The van der Waals surface area contributed by atoms with Crippen molar-refractivity contribution in [1.82, 2.24) is 5.32 Å². The quantitative estimate of drug-likeness (QED) is 0.877. The first-order chi connectivity index (χ1) is 8.35. The molecule has 0 aliphatic heterocycles. The Labute approximate surface area is 112 Å². The summed E-state index contributed by atoms with van der Waals surface area (Å²) in [6.07, 6.45) is 1.49. The number of nitrogens with one attached hydrogen (secondary N) is 1. The SMILES string of the molecule is CCNC(CCS(C)(=O)=O)c1cccc(Cl)c1F. The second-order valence-corrected chi connectivity index (χ2v) is 6.84. The van der Waals surface area contributed by atoms with Crippen LogP contribution in [-0.4, -0.2) is 27.0 Å². The summed E-state index contributed by atoms with van der Waals surface area (Å²) in [4.78, 5) is 0. The highest BCUT2D eigenvalue weighted by Crippen LogP contribution is 2.25. The first-order valence-corrected chi connectivity index (χ1v) is 8.14. The second-order valence-electron chi connectivity index (χ2n) is 4.17. The Bertz CT molecular complexity index is 505. The predicted octanol–water partition coefficient (Wildman–Crippen LogP) is 2.56. The van der Waals surface area contributed by atoms with Crippen molar-refractivity contribution in [3.8, 4) is 0 Å². The minimum absolute atomic E-state index is 0.0105. The molecule has 102 valence electrons. The third kappa shape index (κ3) is 4.55. The maximum absolute atomic E-state index is 13.9. The second kappa shape index (κ2) is 6.50. The zero-order valence-corrected chi connectivity index (χ0v) is 12.0. The van der Waals surface area contributed by atoms with E-state index in [9.17, 15) is 12.8 Å². The van der Waals surface area contributed by atoms with Gasteiger partial charge >= 0.3 is 0 Å². The molecule has 0 saturated heterocycles. The van der Waals surface area contributed by atoms with Crippen molar-refractivity contribution in [2.24, 2.45) is 0 Å². The van der Waals surface area contributed by atoms with Crippen LogP contribution in [0.2, 0.25) is 5.02 Å². The van der Waals surface area contributed by atoms with Gasteiger partial charge in [0, 0.05) is 17.9 Å². The van der Waals surface area contributed by atoms with Crippen molar-refractivity contribution < 1.29 is 12.8 Å². The Morgan fingerprint density at radius 2 is 2.11 bits per heavy atom. The van der Waals surface area contributed by atoms with Gasteiger partial charge < -0.3 is 5.32 Å². The van der Waals surface area contributed by atoms with Gasteiger partial charge in [-0.15, -0.1) is 0 Å². The highest BCUT2D eigenvalue weighted by molar-refractivity contribution is 7.90. The highest BCUT2D eigenvalue weighted by atomic mass is 35.5. The van der Waals surface area contributed by atoms with Gasteiger partial charge in [-0.05, 0) is 19.0 Å². The number of halogens is 2. The van der Waals surface area contributed by atoms with Gasteiger partial charge in [-0.1, -0.05) is 30.7 Å². The van der Waals surface area contributed by atoms with Gasteiger partial charge in [0.25, 0.3) is 0 Å². The molecule has 0 radical (unpaired) electrons. The smallest absolute Gasteiger partial charge is 0.147 e. The average Bonchev–Trinajstić information content (AvgIpc) is 2.27. The summed E-state index contributed by atoms with van der Waals surface area (Å²) in [6, 6.07) is 4.41. The Morgan fingerprint density at radius 1 is 1.44 bits per heavy atom. The molecule has 1 atom stereocenters. The number of hydrogen-bond donors (Lipinski definition) is 1. The van der Waals surface area contributed by atoms with Crippen molar-refractivity contribution in [2.45, 2.75) is 19.4 Å². The van der Waals surface area contributed by atoms with Gasteiger partial charge in [0.1, 0.15) is 15.7 Å². The zero-order chi connectivity index (χ0) is 13.8. The van der Waals surface area contributed by atoms with E-state index in [1.54, 1.807) is 12.1 Å². The molecule has 0 saturated carbocycles. The van der Waals surface area contributed by atoms with E-state index in [4.69, 9.17) is 11.6 Å². The van der Waals surface area contributed by atoms with Gasteiger partial charge in [-0.3, -0.25) is 0 Å². The lowest BCUT2D eigenvalue weighted by molar-refractivity contribution is 0.498. The van der Waals surface area contributed by atoms with Crippen LogP contribution >= 0.6 is 11.6 Å². The van der Waals surface area contributed by atoms with Crippen LogP contribution in [0.5, 0.6) is 0 Å². The Hall–Kier alpha value is -0.650. The van der Waals surface area contributed by atoms with Crippen LogP contribution in [0.1, 0.15) is 24.9 Å². The molecule has 0 bridgehead atoms. The Kier molecular flexibility index (Phi) is 5.56. The summed E-state index contributed by atoms with van der Waals surface area (Å²) in [7, 11) is -3.06. The first-order valence-electron chi connectivity index (χ1n) is 5.70. The average molecular weight is 294 g/mol. The fourth-order valence-corrected chi connectivity index (χ4v) is 2.58. The van der Waals surface area contributed by atoms with Gasteiger partial charge in [-0.2, -0.15) is 0 Å². The molecule has 1 N–H and O–H groups in total. The molecular formula is C12H17ClFNO2S. The number of sulfone groups is 1. The first kappa shape index (κ1) is 15.4. The molecule has 0 spiro atoms. The lowest BCUT2D eigenvalue weighted by atomic mass is 10.0. The molecule has 1 unspecified atom stereocenters. The third-order valence-corrected chi connectivity index (χ3v) is 3.85. The van der Waals surface area contributed by atoms with E-state index in [-0.39, 0.29) is 16.8 Å². The van der Waals surface area contributed by atoms with Crippen LogP contribution in [-0.2, 0) is 9.84 Å². The summed E-state index contributed by atoms with van der Waals surface area (Å²) < 4.78 is 36.2. The molecule has 0 aromatic heterocycles. The number of rotatable bonds is 6. The summed E-state index contributed by atoms with van der Waals surface area (Å²) >= 11 is 5.73. The van der Waals surface area contributed by atoms with Crippen molar-refractivity contribution in [2.75, 3.05) is 18.6 Å². The van der Waals surface area contributed by atoms with Gasteiger partial charge in [0.2, 0.25) is 0 Å². The minimum Gasteiger partial charge on any atom is -0.310 e. The fourth-order valence-electron chi connectivity index (χ4n) is 1.74. The summed E-state index contributed by atoms with van der Waals surface area (Å²) in [5.74, 6) is -0.477. The zero-order valence-electron chi connectivity index (χ0n) is 10.4. The minimum atomic E-state index is -3.06. The van der Waals surface area contributed by atoms with Crippen LogP contribution in [0.25, 0.3) is 0 Å². The summed E-state index contributed by atoms with van der Waals surface area (Å²) in [6.45, 7) is 2.51. The Balaban J connectivity index is 2.93.